The topological polar surface area (TPSA) is 21.3 Å². The fraction of sp³-hybridized carbons (Fsp3) is 0.250. The Bertz CT molecular complexity index is 547. The van der Waals surface area contributed by atoms with Crippen LogP contribution < -0.4 is 10.1 Å². The molecule has 2 aromatic rings. The number of benzene rings is 2. The summed E-state index contributed by atoms with van der Waals surface area (Å²) in [4.78, 5) is 0. The molecule has 2 rings (SSSR count). The number of rotatable bonds is 6. The van der Waals surface area contributed by atoms with Gasteiger partial charge in [0.1, 0.15) is 18.2 Å². The Morgan fingerprint density at radius 1 is 1.20 bits per heavy atom. The quantitative estimate of drug-likeness (QED) is 0.865. The molecule has 0 bridgehead atoms. The molecule has 0 aliphatic rings. The van der Waals surface area contributed by atoms with Crippen LogP contribution in [0.3, 0.4) is 0 Å². The van der Waals surface area contributed by atoms with Crippen LogP contribution in [0.25, 0.3) is 0 Å². The third-order valence-corrected chi connectivity index (χ3v) is 3.85. The first-order chi connectivity index (χ1) is 9.69. The second-order valence-electron chi connectivity index (χ2n) is 4.55. The minimum atomic E-state index is -0.220. The van der Waals surface area contributed by atoms with Crippen LogP contribution in [0, 0.1) is 5.82 Å². The third kappa shape index (κ3) is 4.32. The largest absolute Gasteiger partial charge is 0.492 e. The van der Waals surface area contributed by atoms with Crippen molar-refractivity contribution in [2.45, 2.75) is 12.5 Å². The molecule has 2 aromatic carbocycles. The molecule has 0 saturated heterocycles. The van der Waals surface area contributed by atoms with Gasteiger partial charge in [0.2, 0.25) is 0 Å². The Kier molecular flexibility index (Phi) is 5.56. The van der Waals surface area contributed by atoms with Gasteiger partial charge >= 0.3 is 0 Å². The highest BCUT2D eigenvalue weighted by atomic mass is 79.9. The van der Waals surface area contributed by atoms with E-state index in [1.54, 1.807) is 12.1 Å². The van der Waals surface area contributed by atoms with Crippen LogP contribution in [0.1, 0.15) is 5.56 Å². The third-order valence-electron chi connectivity index (χ3n) is 3.08. The van der Waals surface area contributed by atoms with Crippen LogP contribution >= 0.6 is 15.9 Å². The minimum absolute atomic E-state index is 0.119. The summed E-state index contributed by atoms with van der Waals surface area (Å²) in [7, 11) is 1.88. The van der Waals surface area contributed by atoms with Crippen LogP contribution in [0.15, 0.2) is 53.0 Å². The van der Waals surface area contributed by atoms with Crippen molar-refractivity contribution in [3.8, 4) is 5.75 Å². The Morgan fingerprint density at radius 2 is 1.95 bits per heavy atom. The highest BCUT2D eigenvalue weighted by Crippen LogP contribution is 2.19. The van der Waals surface area contributed by atoms with Gasteiger partial charge in [0.15, 0.2) is 0 Å². The van der Waals surface area contributed by atoms with Gasteiger partial charge in [-0.2, -0.15) is 0 Å². The molecule has 0 heterocycles. The molecule has 1 unspecified atom stereocenters. The van der Waals surface area contributed by atoms with Crippen LogP contribution in [0.5, 0.6) is 5.75 Å². The van der Waals surface area contributed by atoms with Crippen molar-refractivity contribution in [2.75, 3.05) is 13.7 Å². The Morgan fingerprint density at radius 3 is 2.65 bits per heavy atom. The van der Waals surface area contributed by atoms with Gasteiger partial charge in [0.25, 0.3) is 0 Å². The zero-order chi connectivity index (χ0) is 14.4. The van der Waals surface area contributed by atoms with E-state index in [0.29, 0.717) is 13.0 Å². The fourth-order valence-corrected chi connectivity index (χ4v) is 2.33. The van der Waals surface area contributed by atoms with Crippen LogP contribution in [-0.2, 0) is 6.42 Å². The Labute approximate surface area is 127 Å². The predicted octanol–water partition coefficient (Wildman–Crippen LogP) is 3.80. The first-order valence-corrected chi connectivity index (χ1v) is 7.27. The lowest BCUT2D eigenvalue weighted by Crippen LogP contribution is -2.34. The number of ether oxygens (including phenoxy) is 1. The smallest absolute Gasteiger partial charge is 0.123 e. The molecule has 0 spiro atoms. The van der Waals surface area contributed by atoms with Crippen molar-refractivity contribution in [3.05, 3.63) is 64.4 Å². The zero-order valence-corrected chi connectivity index (χ0v) is 12.9. The van der Waals surface area contributed by atoms with Crippen molar-refractivity contribution in [1.82, 2.24) is 5.32 Å². The minimum Gasteiger partial charge on any atom is -0.492 e. The van der Waals surface area contributed by atoms with E-state index in [4.69, 9.17) is 4.74 Å². The number of hydrogen-bond acceptors (Lipinski definition) is 2. The molecule has 0 aliphatic heterocycles. The first-order valence-electron chi connectivity index (χ1n) is 6.48. The maximum atomic E-state index is 13.3. The lowest BCUT2D eigenvalue weighted by atomic mass is 10.1. The van der Waals surface area contributed by atoms with E-state index in [-0.39, 0.29) is 11.9 Å². The molecule has 0 aliphatic carbocycles. The molecular formula is C16H17BrFNO. The lowest BCUT2D eigenvalue weighted by Gasteiger charge is -2.18. The second kappa shape index (κ2) is 7.41. The molecule has 0 saturated carbocycles. The van der Waals surface area contributed by atoms with E-state index in [9.17, 15) is 4.39 Å². The van der Waals surface area contributed by atoms with Gasteiger partial charge in [0, 0.05) is 10.5 Å². The molecule has 1 atom stereocenters. The van der Waals surface area contributed by atoms with E-state index in [1.807, 2.05) is 37.4 Å². The summed E-state index contributed by atoms with van der Waals surface area (Å²) in [5, 5.41) is 3.20. The van der Waals surface area contributed by atoms with Crippen molar-refractivity contribution >= 4 is 15.9 Å². The summed E-state index contributed by atoms with van der Waals surface area (Å²) in [6, 6.07) is 14.5. The van der Waals surface area contributed by atoms with Gasteiger partial charge in [-0.25, -0.2) is 4.39 Å². The SMILES string of the molecule is CNC(COc1ccccc1)Cc1cc(F)ccc1Br. The van der Waals surface area contributed by atoms with Gasteiger partial charge in [-0.15, -0.1) is 0 Å². The Hall–Kier alpha value is -1.39. The van der Waals surface area contributed by atoms with Crippen LogP contribution in [0.2, 0.25) is 0 Å². The van der Waals surface area contributed by atoms with E-state index < -0.39 is 0 Å². The van der Waals surface area contributed by atoms with Gasteiger partial charge in [-0.05, 0) is 49.4 Å². The fourth-order valence-electron chi connectivity index (χ4n) is 1.92. The summed E-state index contributed by atoms with van der Waals surface area (Å²) in [6.45, 7) is 0.531. The second-order valence-corrected chi connectivity index (χ2v) is 5.40. The van der Waals surface area contributed by atoms with Crippen LogP contribution in [0.4, 0.5) is 4.39 Å². The molecule has 106 valence electrons. The maximum absolute atomic E-state index is 13.3. The van der Waals surface area contributed by atoms with Crippen molar-refractivity contribution in [1.29, 1.82) is 0 Å². The van der Waals surface area contributed by atoms with E-state index in [0.717, 1.165) is 15.8 Å². The highest BCUT2D eigenvalue weighted by Gasteiger charge is 2.11. The van der Waals surface area contributed by atoms with Gasteiger partial charge < -0.3 is 10.1 Å². The predicted molar refractivity (Wildman–Crippen MR) is 82.6 cm³/mol. The van der Waals surface area contributed by atoms with Crippen LogP contribution in [-0.4, -0.2) is 19.7 Å². The molecule has 0 amide bonds. The summed E-state index contributed by atoms with van der Waals surface area (Å²) in [6.07, 6.45) is 0.696. The molecule has 2 nitrogen and oxygen atoms in total. The van der Waals surface area contributed by atoms with Gasteiger partial charge in [-0.3, -0.25) is 0 Å². The van der Waals surface area contributed by atoms with E-state index in [1.165, 1.54) is 6.07 Å². The van der Waals surface area contributed by atoms with Gasteiger partial charge in [0.05, 0.1) is 0 Å². The molecular weight excluding hydrogens is 321 g/mol. The van der Waals surface area contributed by atoms with Crippen molar-refractivity contribution < 1.29 is 9.13 Å². The normalized spacial score (nSPS) is 12.2. The highest BCUT2D eigenvalue weighted by molar-refractivity contribution is 9.10. The average Bonchev–Trinajstić information content (AvgIpc) is 2.48. The lowest BCUT2D eigenvalue weighted by molar-refractivity contribution is 0.269. The number of nitrogens with one attached hydrogen (secondary N) is 1. The molecule has 0 radical (unpaired) electrons. The van der Waals surface area contributed by atoms with Crippen molar-refractivity contribution in [2.24, 2.45) is 0 Å². The van der Waals surface area contributed by atoms with Crippen molar-refractivity contribution in [3.63, 3.8) is 0 Å². The number of likely N-dealkylation sites (N-methyl/N-ethyl adjacent to an activating group) is 1. The van der Waals surface area contributed by atoms with Gasteiger partial charge in [-0.1, -0.05) is 34.1 Å². The average molecular weight is 338 g/mol. The van der Waals surface area contributed by atoms with E-state index in [2.05, 4.69) is 21.2 Å². The molecule has 20 heavy (non-hydrogen) atoms. The zero-order valence-electron chi connectivity index (χ0n) is 11.3. The Balaban J connectivity index is 1.97. The summed E-state index contributed by atoms with van der Waals surface area (Å²) < 4.78 is 19.9. The van der Waals surface area contributed by atoms with E-state index >= 15 is 0 Å². The summed E-state index contributed by atoms with van der Waals surface area (Å²) >= 11 is 3.45. The molecule has 0 fully saturated rings. The number of halogens is 2. The monoisotopic (exact) mass is 337 g/mol. The maximum Gasteiger partial charge on any atom is 0.123 e. The number of para-hydroxylation sites is 1. The number of hydrogen-bond donors (Lipinski definition) is 1. The molecule has 1 N–H and O–H groups in total. The standard InChI is InChI=1S/C16H17BrFNO/c1-19-14(11-20-15-5-3-2-4-6-15)10-12-9-13(18)7-8-16(12)17/h2-9,14,19H,10-11H2,1H3. The summed E-state index contributed by atoms with van der Waals surface area (Å²) in [5.74, 6) is 0.619. The summed E-state index contributed by atoms with van der Waals surface area (Å²) in [5.41, 5.74) is 0.931. The molecule has 0 aromatic heterocycles. The molecule has 4 heteroatoms. The first kappa shape index (κ1) is 15.0.